The van der Waals surface area contributed by atoms with E-state index < -0.39 is 0 Å². The summed E-state index contributed by atoms with van der Waals surface area (Å²) in [6.45, 7) is 1.34. The molecule has 1 aromatic carbocycles. The van der Waals surface area contributed by atoms with Crippen molar-refractivity contribution in [3.63, 3.8) is 0 Å². The van der Waals surface area contributed by atoms with Gasteiger partial charge in [0.1, 0.15) is 0 Å². The van der Waals surface area contributed by atoms with Crippen LogP contribution >= 0.6 is 11.3 Å². The van der Waals surface area contributed by atoms with E-state index in [1.807, 2.05) is 37.4 Å². The normalized spacial score (nSPS) is 10.8. The molecule has 1 heterocycles. The molecule has 2 nitrogen and oxygen atoms in total. The molecule has 0 unspecified atom stereocenters. The number of carbonyl (C=O) groups excluding carboxylic acids is 1. The lowest BCUT2D eigenvalue weighted by atomic mass is 10.1. The lowest BCUT2D eigenvalue weighted by molar-refractivity contribution is -0.119. The number of benzene rings is 1. The van der Waals surface area contributed by atoms with Gasteiger partial charge in [-0.1, -0.05) is 30.3 Å². The Balaban J connectivity index is 1.80. The van der Waals surface area contributed by atoms with Crippen LogP contribution in [0.3, 0.4) is 0 Å². The van der Waals surface area contributed by atoms with Crippen molar-refractivity contribution in [3.8, 4) is 0 Å². The van der Waals surface area contributed by atoms with Crippen LogP contribution in [0.5, 0.6) is 0 Å². The molecule has 0 aliphatic rings. The summed E-state index contributed by atoms with van der Waals surface area (Å²) in [5, 5.41) is 4.19. The van der Waals surface area contributed by atoms with Crippen LogP contribution in [0.2, 0.25) is 0 Å². The SMILES string of the molecule is CN(CC(=O)Cc1ccccc1)Cc1ccsc1. The molecule has 0 amide bonds. The standard InChI is InChI=1S/C15H17NOS/c1-16(10-14-7-8-18-12-14)11-15(17)9-13-5-3-2-4-6-13/h2-8,12H,9-11H2,1H3. The Labute approximate surface area is 112 Å². The smallest absolute Gasteiger partial charge is 0.151 e. The number of hydrogen-bond donors (Lipinski definition) is 0. The molecule has 18 heavy (non-hydrogen) atoms. The van der Waals surface area contributed by atoms with Gasteiger partial charge >= 0.3 is 0 Å². The van der Waals surface area contributed by atoms with E-state index in [-0.39, 0.29) is 5.78 Å². The van der Waals surface area contributed by atoms with Crippen molar-refractivity contribution in [2.24, 2.45) is 0 Å². The van der Waals surface area contributed by atoms with Crippen molar-refractivity contribution in [1.29, 1.82) is 0 Å². The number of carbonyl (C=O) groups is 1. The maximum atomic E-state index is 11.9. The first kappa shape index (κ1) is 13.0. The van der Waals surface area contributed by atoms with Gasteiger partial charge in [-0.15, -0.1) is 0 Å². The highest BCUT2D eigenvalue weighted by Crippen LogP contribution is 2.08. The van der Waals surface area contributed by atoms with E-state index in [0.29, 0.717) is 13.0 Å². The zero-order chi connectivity index (χ0) is 12.8. The molecule has 0 atom stereocenters. The monoisotopic (exact) mass is 259 g/mol. The molecule has 2 rings (SSSR count). The summed E-state index contributed by atoms with van der Waals surface area (Å²) in [5.41, 5.74) is 2.36. The Hall–Kier alpha value is -1.45. The van der Waals surface area contributed by atoms with E-state index >= 15 is 0 Å². The molecule has 94 valence electrons. The molecular weight excluding hydrogens is 242 g/mol. The van der Waals surface area contributed by atoms with Crippen LogP contribution < -0.4 is 0 Å². The topological polar surface area (TPSA) is 20.3 Å². The Morgan fingerprint density at radius 1 is 1.17 bits per heavy atom. The summed E-state index contributed by atoms with van der Waals surface area (Å²) in [5.74, 6) is 0.263. The minimum absolute atomic E-state index is 0.263. The van der Waals surface area contributed by atoms with Crippen LogP contribution in [0.15, 0.2) is 47.2 Å². The van der Waals surface area contributed by atoms with Crippen molar-refractivity contribution in [2.75, 3.05) is 13.6 Å². The molecule has 0 aliphatic heterocycles. The molecule has 0 N–H and O–H groups in total. The van der Waals surface area contributed by atoms with Crippen molar-refractivity contribution in [2.45, 2.75) is 13.0 Å². The van der Waals surface area contributed by atoms with Crippen LogP contribution in [-0.2, 0) is 17.8 Å². The number of rotatable bonds is 6. The summed E-state index contributed by atoms with van der Waals surface area (Å²) in [4.78, 5) is 14.0. The highest BCUT2D eigenvalue weighted by molar-refractivity contribution is 7.07. The second-order valence-electron chi connectivity index (χ2n) is 4.50. The van der Waals surface area contributed by atoms with Gasteiger partial charge in [-0.05, 0) is 35.0 Å². The lowest BCUT2D eigenvalue weighted by Gasteiger charge is -2.14. The number of thiophene rings is 1. The van der Waals surface area contributed by atoms with Gasteiger partial charge in [0.15, 0.2) is 5.78 Å². The van der Waals surface area contributed by atoms with E-state index in [2.05, 4.69) is 21.7 Å². The number of nitrogens with zero attached hydrogens (tertiary/aromatic N) is 1. The van der Waals surface area contributed by atoms with Gasteiger partial charge < -0.3 is 0 Å². The van der Waals surface area contributed by atoms with Gasteiger partial charge in [0, 0.05) is 13.0 Å². The molecule has 3 heteroatoms. The van der Waals surface area contributed by atoms with Crippen LogP contribution in [-0.4, -0.2) is 24.3 Å². The van der Waals surface area contributed by atoms with Crippen LogP contribution in [0.4, 0.5) is 0 Å². The number of ketones is 1. The van der Waals surface area contributed by atoms with E-state index in [1.165, 1.54) is 5.56 Å². The second-order valence-corrected chi connectivity index (χ2v) is 5.28. The Bertz CT molecular complexity index is 478. The van der Waals surface area contributed by atoms with E-state index in [1.54, 1.807) is 11.3 Å². The predicted molar refractivity (Wildman–Crippen MR) is 75.8 cm³/mol. The van der Waals surface area contributed by atoms with Crippen molar-refractivity contribution in [1.82, 2.24) is 4.90 Å². The average molecular weight is 259 g/mol. The molecule has 0 saturated heterocycles. The molecular formula is C15H17NOS. The summed E-state index contributed by atoms with van der Waals surface area (Å²) in [6, 6.07) is 12.0. The molecule has 0 radical (unpaired) electrons. The third-order valence-electron chi connectivity index (χ3n) is 2.72. The van der Waals surface area contributed by atoms with Crippen LogP contribution in [0.25, 0.3) is 0 Å². The van der Waals surface area contributed by atoms with Gasteiger partial charge in [0.2, 0.25) is 0 Å². The van der Waals surface area contributed by atoms with Gasteiger partial charge in [0.25, 0.3) is 0 Å². The van der Waals surface area contributed by atoms with Gasteiger partial charge in [0.05, 0.1) is 6.54 Å². The van der Waals surface area contributed by atoms with Crippen LogP contribution in [0, 0.1) is 0 Å². The summed E-state index contributed by atoms with van der Waals surface area (Å²) >= 11 is 1.69. The molecule has 0 fully saturated rings. The zero-order valence-corrected chi connectivity index (χ0v) is 11.3. The average Bonchev–Trinajstić information content (AvgIpc) is 2.82. The first-order valence-corrected chi connectivity index (χ1v) is 6.93. The minimum Gasteiger partial charge on any atom is -0.298 e. The fourth-order valence-electron chi connectivity index (χ4n) is 1.93. The first-order valence-electron chi connectivity index (χ1n) is 5.99. The molecule has 0 saturated carbocycles. The van der Waals surface area contributed by atoms with Gasteiger partial charge in [-0.2, -0.15) is 11.3 Å². The van der Waals surface area contributed by atoms with Crippen molar-refractivity contribution in [3.05, 3.63) is 58.3 Å². The predicted octanol–water partition coefficient (Wildman–Crippen LogP) is 2.99. The maximum absolute atomic E-state index is 11.9. The Morgan fingerprint density at radius 2 is 1.94 bits per heavy atom. The third-order valence-corrected chi connectivity index (χ3v) is 3.46. The molecule has 0 bridgehead atoms. The van der Waals surface area contributed by atoms with Crippen molar-refractivity contribution >= 4 is 17.1 Å². The van der Waals surface area contributed by atoms with Crippen LogP contribution in [0.1, 0.15) is 11.1 Å². The second kappa shape index (κ2) is 6.47. The Morgan fingerprint density at radius 3 is 2.61 bits per heavy atom. The first-order chi connectivity index (χ1) is 8.74. The fraction of sp³-hybridized carbons (Fsp3) is 0.267. The molecule has 0 spiro atoms. The quantitative estimate of drug-likeness (QED) is 0.795. The van der Waals surface area contributed by atoms with E-state index in [9.17, 15) is 4.79 Å². The summed E-state index contributed by atoms with van der Waals surface area (Å²) in [6.07, 6.45) is 0.523. The third kappa shape index (κ3) is 4.09. The van der Waals surface area contributed by atoms with E-state index in [0.717, 1.165) is 12.1 Å². The van der Waals surface area contributed by atoms with Gasteiger partial charge in [-0.25, -0.2) is 0 Å². The highest BCUT2D eigenvalue weighted by atomic mass is 32.1. The minimum atomic E-state index is 0.263. The largest absolute Gasteiger partial charge is 0.298 e. The Kier molecular flexibility index (Phi) is 4.67. The summed E-state index contributed by atoms with van der Waals surface area (Å²) < 4.78 is 0. The molecule has 2 aromatic rings. The van der Waals surface area contributed by atoms with Crippen molar-refractivity contribution < 1.29 is 4.79 Å². The maximum Gasteiger partial charge on any atom is 0.151 e. The highest BCUT2D eigenvalue weighted by Gasteiger charge is 2.08. The van der Waals surface area contributed by atoms with E-state index in [4.69, 9.17) is 0 Å². The van der Waals surface area contributed by atoms with Gasteiger partial charge in [-0.3, -0.25) is 9.69 Å². The molecule has 0 aliphatic carbocycles. The lowest BCUT2D eigenvalue weighted by Crippen LogP contribution is -2.26. The number of Topliss-reactive ketones (excluding diaryl/α,β-unsaturated/α-hetero) is 1. The zero-order valence-electron chi connectivity index (χ0n) is 10.5. The fourth-order valence-corrected chi connectivity index (χ4v) is 2.59. The summed E-state index contributed by atoms with van der Waals surface area (Å²) in [7, 11) is 1.99. The molecule has 1 aromatic heterocycles. The number of likely N-dealkylation sites (N-methyl/N-ethyl adjacent to an activating group) is 1. The number of hydrogen-bond acceptors (Lipinski definition) is 3.